The highest BCUT2D eigenvalue weighted by molar-refractivity contribution is 5.74. The van der Waals surface area contributed by atoms with E-state index in [0.29, 0.717) is 12.2 Å². The van der Waals surface area contributed by atoms with Crippen LogP contribution in [-0.2, 0) is 6.42 Å². The second-order valence-electron chi connectivity index (χ2n) is 4.45. The molecule has 0 radical (unpaired) electrons. The molecule has 0 amide bonds. The Morgan fingerprint density at radius 2 is 1.74 bits per heavy atom. The number of anilines is 2. The average molecular weight is 256 g/mol. The molecular formula is C15H10F2N2. The van der Waals surface area contributed by atoms with E-state index in [1.54, 1.807) is 12.1 Å². The minimum Gasteiger partial charge on any atom is -0.340 e. The van der Waals surface area contributed by atoms with Gasteiger partial charge in [-0.25, -0.2) is 8.78 Å². The summed E-state index contributed by atoms with van der Waals surface area (Å²) >= 11 is 0. The van der Waals surface area contributed by atoms with Crippen molar-refractivity contribution in [1.82, 2.24) is 0 Å². The van der Waals surface area contributed by atoms with Crippen molar-refractivity contribution in [3.63, 3.8) is 0 Å². The molecule has 4 heteroatoms. The van der Waals surface area contributed by atoms with Crippen LogP contribution in [0.3, 0.4) is 0 Å². The lowest BCUT2D eigenvalue weighted by Crippen LogP contribution is -2.14. The summed E-state index contributed by atoms with van der Waals surface area (Å²) in [6.07, 6.45) is 0.790. The highest BCUT2D eigenvalue weighted by Crippen LogP contribution is 2.36. The van der Waals surface area contributed by atoms with Gasteiger partial charge >= 0.3 is 0 Å². The minimum atomic E-state index is -0.445. The van der Waals surface area contributed by atoms with Gasteiger partial charge in [0.05, 0.1) is 11.3 Å². The van der Waals surface area contributed by atoms with Gasteiger partial charge in [0, 0.05) is 12.2 Å². The standard InChI is InChI=1S/C15H10F2N2/c16-12-3-4-14(11(7-12)9-18)19-6-5-10-1-2-13(17)8-15(10)19/h1-4,7-8H,5-6H2. The van der Waals surface area contributed by atoms with Gasteiger partial charge in [0.1, 0.15) is 17.7 Å². The predicted octanol–water partition coefficient (Wildman–Crippen LogP) is 3.53. The fraction of sp³-hybridized carbons (Fsp3) is 0.133. The molecule has 0 fully saturated rings. The number of rotatable bonds is 1. The Kier molecular flexibility index (Phi) is 2.68. The van der Waals surface area contributed by atoms with Gasteiger partial charge in [-0.15, -0.1) is 0 Å². The fourth-order valence-corrected chi connectivity index (χ4v) is 2.44. The number of hydrogen-bond donors (Lipinski definition) is 0. The van der Waals surface area contributed by atoms with Crippen LogP contribution < -0.4 is 4.90 Å². The Balaban J connectivity index is 2.12. The molecule has 0 bridgehead atoms. The maximum absolute atomic E-state index is 13.3. The van der Waals surface area contributed by atoms with Crippen LogP contribution in [0.4, 0.5) is 20.2 Å². The molecule has 0 aromatic heterocycles. The summed E-state index contributed by atoms with van der Waals surface area (Å²) in [6.45, 7) is 0.666. The van der Waals surface area contributed by atoms with E-state index in [1.807, 2.05) is 11.0 Å². The van der Waals surface area contributed by atoms with Crippen LogP contribution in [0.2, 0.25) is 0 Å². The number of benzene rings is 2. The molecular weight excluding hydrogens is 246 g/mol. The lowest BCUT2D eigenvalue weighted by atomic mass is 10.1. The SMILES string of the molecule is N#Cc1cc(F)ccc1N1CCc2ccc(F)cc21. The number of nitrogens with zero attached hydrogens (tertiary/aromatic N) is 2. The zero-order valence-electron chi connectivity index (χ0n) is 10.0. The average Bonchev–Trinajstić information content (AvgIpc) is 2.81. The molecule has 0 N–H and O–H groups in total. The largest absolute Gasteiger partial charge is 0.340 e. The first kappa shape index (κ1) is 11.7. The lowest BCUT2D eigenvalue weighted by Gasteiger charge is -2.20. The van der Waals surface area contributed by atoms with E-state index >= 15 is 0 Å². The van der Waals surface area contributed by atoms with Crippen molar-refractivity contribution in [2.45, 2.75) is 6.42 Å². The Bertz CT molecular complexity index is 689. The quantitative estimate of drug-likeness (QED) is 0.780. The van der Waals surface area contributed by atoms with Crippen LogP contribution in [-0.4, -0.2) is 6.54 Å². The molecule has 1 heterocycles. The fourth-order valence-electron chi connectivity index (χ4n) is 2.44. The van der Waals surface area contributed by atoms with E-state index in [1.165, 1.54) is 24.3 Å². The van der Waals surface area contributed by atoms with Gasteiger partial charge in [0.2, 0.25) is 0 Å². The second kappa shape index (κ2) is 4.36. The van der Waals surface area contributed by atoms with Gasteiger partial charge in [-0.1, -0.05) is 6.07 Å². The molecule has 1 aliphatic rings. The van der Waals surface area contributed by atoms with Crippen LogP contribution in [0.5, 0.6) is 0 Å². The molecule has 0 saturated carbocycles. The van der Waals surface area contributed by atoms with Gasteiger partial charge in [-0.2, -0.15) is 5.26 Å². The Morgan fingerprint density at radius 3 is 2.53 bits per heavy atom. The van der Waals surface area contributed by atoms with Crippen LogP contribution in [0, 0.1) is 23.0 Å². The third-order valence-electron chi connectivity index (χ3n) is 3.31. The summed E-state index contributed by atoms with van der Waals surface area (Å²) in [5.74, 6) is -0.759. The molecule has 2 aromatic rings. The first-order valence-electron chi connectivity index (χ1n) is 5.94. The molecule has 2 nitrogen and oxygen atoms in total. The molecule has 0 atom stereocenters. The van der Waals surface area contributed by atoms with E-state index in [-0.39, 0.29) is 11.4 Å². The summed E-state index contributed by atoms with van der Waals surface area (Å²) in [5, 5.41) is 9.09. The van der Waals surface area contributed by atoms with Crippen molar-refractivity contribution >= 4 is 11.4 Å². The molecule has 0 spiro atoms. The molecule has 94 valence electrons. The van der Waals surface area contributed by atoms with Crippen molar-refractivity contribution < 1.29 is 8.78 Å². The molecule has 0 saturated heterocycles. The Morgan fingerprint density at radius 1 is 1.00 bits per heavy atom. The summed E-state index contributed by atoms with van der Waals surface area (Å²) in [7, 11) is 0. The highest BCUT2D eigenvalue weighted by atomic mass is 19.1. The van der Waals surface area contributed by atoms with Gasteiger partial charge < -0.3 is 4.90 Å². The summed E-state index contributed by atoms with van der Waals surface area (Å²) in [5.41, 5.74) is 2.67. The van der Waals surface area contributed by atoms with Gasteiger partial charge in [0.25, 0.3) is 0 Å². The van der Waals surface area contributed by atoms with E-state index in [4.69, 9.17) is 5.26 Å². The molecule has 1 aliphatic heterocycles. The van der Waals surface area contributed by atoms with Gasteiger partial charge in [-0.05, 0) is 42.3 Å². The molecule has 0 aliphatic carbocycles. The van der Waals surface area contributed by atoms with E-state index in [9.17, 15) is 8.78 Å². The van der Waals surface area contributed by atoms with Gasteiger partial charge in [-0.3, -0.25) is 0 Å². The maximum atomic E-state index is 13.3. The lowest BCUT2D eigenvalue weighted by molar-refractivity contribution is 0.626. The number of hydrogen-bond acceptors (Lipinski definition) is 2. The first-order chi connectivity index (χ1) is 9.19. The number of halogens is 2. The molecule has 19 heavy (non-hydrogen) atoms. The summed E-state index contributed by atoms with van der Waals surface area (Å²) in [4.78, 5) is 1.86. The highest BCUT2D eigenvalue weighted by Gasteiger charge is 2.23. The van der Waals surface area contributed by atoms with E-state index < -0.39 is 5.82 Å². The summed E-state index contributed by atoms with van der Waals surface area (Å²) in [6, 6.07) is 10.7. The molecule has 2 aromatic carbocycles. The number of fused-ring (bicyclic) bond motifs is 1. The van der Waals surface area contributed by atoms with Crippen molar-refractivity contribution in [1.29, 1.82) is 5.26 Å². The second-order valence-corrected chi connectivity index (χ2v) is 4.45. The minimum absolute atomic E-state index is 0.261. The topological polar surface area (TPSA) is 27.0 Å². The van der Waals surface area contributed by atoms with Crippen molar-refractivity contribution in [3.8, 4) is 6.07 Å². The third-order valence-corrected chi connectivity index (χ3v) is 3.31. The summed E-state index contributed by atoms with van der Waals surface area (Å²) < 4.78 is 26.5. The Labute approximate surface area is 109 Å². The van der Waals surface area contributed by atoms with E-state index in [2.05, 4.69) is 0 Å². The Hall–Kier alpha value is -2.41. The van der Waals surface area contributed by atoms with Crippen LogP contribution in [0.1, 0.15) is 11.1 Å². The van der Waals surface area contributed by atoms with Crippen LogP contribution in [0.25, 0.3) is 0 Å². The van der Waals surface area contributed by atoms with Crippen LogP contribution >= 0.6 is 0 Å². The molecule has 3 rings (SSSR count). The smallest absolute Gasteiger partial charge is 0.125 e. The number of nitriles is 1. The monoisotopic (exact) mass is 256 g/mol. The third kappa shape index (κ3) is 1.93. The zero-order valence-corrected chi connectivity index (χ0v) is 10.0. The van der Waals surface area contributed by atoms with E-state index in [0.717, 1.165) is 17.7 Å². The normalized spacial score (nSPS) is 13.2. The van der Waals surface area contributed by atoms with Crippen molar-refractivity contribution in [2.75, 3.05) is 11.4 Å². The first-order valence-corrected chi connectivity index (χ1v) is 5.94. The van der Waals surface area contributed by atoms with Crippen LogP contribution in [0.15, 0.2) is 36.4 Å². The predicted molar refractivity (Wildman–Crippen MR) is 68.2 cm³/mol. The molecule has 0 unspecified atom stereocenters. The zero-order chi connectivity index (χ0) is 13.4. The maximum Gasteiger partial charge on any atom is 0.125 e. The van der Waals surface area contributed by atoms with Crippen molar-refractivity contribution in [2.24, 2.45) is 0 Å². The van der Waals surface area contributed by atoms with Crippen molar-refractivity contribution in [3.05, 3.63) is 59.2 Å². The van der Waals surface area contributed by atoms with Gasteiger partial charge in [0.15, 0.2) is 0 Å².